The van der Waals surface area contributed by atoms with E-state index in [0.717, 1.165) is 6.42 Å². The first kappa shape index (κ1) is 6.75. The molecule has 0 radical (unpaired) electrons. The van der Waals surface area contributed by atoms with Gasteiger partial charge < -0.3 is 4.74 Å². The van der Waals surface area contributed by atoms with Crippen LogP contribution in [-0.2, 0) is 9.53 Å². The van der Waals surface area contributed by atoms with E-state index in [4.69, 9.17) is 4.74 Å². The molecule has 0 saturated heterocycles. The summed E-state index contributed by atoms with van der Waals surface area (Å²) in [6.07, 6.45) is 0.877. The third-order valence-corrected chi connectivity index (χ3v) is 2.12. The highest BCUT2D eigenvalue weighted by Gasteiger charge is 2.47. The van der Waals surface area contributed by atoms with Crippen molar-refractivity contribution in [3.05, 3.63) is 0 Å². The monoisotopic (exact) mass is 128 g/mol. The van der Waals surface area contributed by atoms with E-state index < -0.39 is 5.60 Å². The Hall–Kier alpha value is -0.370. The lowest BCUT2D eigenvalue weighted by molar-refractivity contribution is -0.161. The molecule has 2 atom stereocenters. The summed E-state index contributed by atoms with van der Waals surface area (Å²) in [7, 11) is 1.59. The zero-order chi connectivity index (χ0) is 7.07. The van der Waals surface area contributed by atoms with Gasteiger partial charge in [0.2, 0.25) is 0 Å². The van der Waals surface area contributed by atoms with E-state index in [-0.39, 0.29) is 11.7 Å². The average Bonchev–Trinajstić information content (AvgIpc) is 1.87. The Morgan fingerprint density at radius 1 is 1.78 bits per heavy atom. The van der Waals surface area contributed by atoms with E-state index in [0.29, 0.717) is 0 Å². The van der Waals surface area contributed by atoms with Gasteiger partial charge in [0.25, 0.3) is 0 Å². The van der Waals surface area contributed by atoms with E-state index >= 15 is 0 Å². The number of carbonyl (C=O) groups excluding carboxylic acids is 1. The molecule has 2 heteroatoms. The summed E-state index contributed by atoms with van der Waals surface area (Å²) in [5.74, 6) is 0.458. The van der Waals surface area contributed by atoms with Gasteiger partial charge in [0, 0.05) is 13.0 Å². The standard InChI is InChI=1S/C7H12O2/c1-5-4-7(2,9-3)6(5)8/h5H,4H2,1-3H3/t5-,7+/m1/s1. The van der Waals surface area contributed by atoms with E-state index in [9.17, 15) is 4.79 Å². The van der Waals surface area contributed by atoms with E-state index in [1.165, 1.54) is 0 Å². The molecule has 0 aromatic rings. The van der Waals surface area contributed by atoms with Crippen molar-refractivity contribution in [2.75, 3.05) is 7.11 Å². The third-order valence-electron chi connectivity index (χ3n) is 2.12. The minimum absolute atomic E-state index is 0.218. The van der Waals surface area contributed by atoms with Crippen molar-refractivity contribution in [1.82, 2.24) is 0 Å². The van der Waals surface area contributed by atoms with Crippen LogP contribution < -0.4 is 0 Å². The first-order valence-electron chi connectivity index (χ1n) is 3.19. The Morgan fingerprint density at radius 3 is 2.44 bits per heavy atom. The number of rotatable bonds is 1. The summed E-state index contributed by atoms with van der Waals surface area (Å²) in [6.45, 7) is 3.78. The maximum absolute atomic E-state index is 11.0. The topological polar surface area (TPSA) is 26.3 Å². The average molecular weight is 128 g/mol. The lowest BCUT2D eigenvalue weighted by Gasteiger charge is -2.40. The van der Waals surface area contributed by atoms with Crippen LogP contribution in [0.1, 0.15) is 20.3 Å². The number of carbonyl (C=O) groups is 1. The van der Waals surface area contributed by atoms with Crippen molar-refractivity contribution in [3.63, 3.8) is 0 Å². The third kappa shape index (κ3) is 0.778. The smallest absolute Gasteiger partial charge is 0.167 e. The highest BCUT2D eigenvalue weighted by molar-refractivity contribution is 5.94. The van der Waals surface area contributed by atoms with Crippen molar-refractivity contribution in [2.45, 2.75) is 25.9 Å². The minimum Gasteiger partial charge on any atom is -0.371 e. The van der Waals surface area contributed by atoms with Gasteiger partial charge in [0.05, 0.1) is 0 Å². The minimum atomic E-state index is -0.445. The van der Waals surface area contributed by atoms with Crippen LogP contribution in [0.2, 0.25) is 0 Å². The van der Waals surface area contributed by atoms with Gasteiger partial charge >= 0.3 is 0 Å². The summed E-state index contributed by atoms with van der Waals surface area (Å²) in [5, 5.41) is 0. The molecule has 0 bridgehead atoms. The molecule has 52 valence electrons. The molecule has 2 nitrogen and oxygen atoms in total. The van der Waals surface area contributed by atoms with Gasteiger partial charge in [0.15, 0.2) is 5.78 Å². The van der Waals surface area contributed by atoms with Crippen molar-refractivity contribution < 1.29 is 9.53 Å². The van der Waals surface area contributed by atoms with Crippen LogP contribution in [0, 0.1) is 5.92 Å². The van der Waals surface area contributed by atoms with E-state index in [2.05, 4.69) is 0 Å². The Labute approximate surface area is 55.2 Å². The number of ether oxygens (including phenoxy) is 1. The van der Waals surface area contributed by atoms with Crippen molar-refractivity contribution in [1.29, 1.82) is 0 Å². The molecule has 9 heavy (non-hydrogen) atoms. The maximum Gasteiger partial charge on any atom is 0.167 e. The molecule has 0 spiro atoms. The van der Waals surface area contributed by atoms with Gasteiger partial charge in [-0.2, -0.15) is 0 Å². The fraction of sp³-hybridized carbons (Fsp3) is 0.857. The largest absolute Gasteiger partial charge is 0.371 e. The Balaban J connectivity index is 2.59. The second kappa shape index (κ2) is 1.81. The van der Waals surface area contributed by atoms with Crippen molar-refractivity contribution in [2.24, 2.45) is 5.92 Å². The van der Waals surface area contributed by atoms with Crippen molar-refractivity contribution in [3.8, 4) is 0 Å². The molecular formula is C7H12O2. The molecular weight excluding hydrogens is 116 g/mol. The molecule has 1 rings (SSSR count). The number of ketones is 1. The lowest BCUT2D eigenvalue weighted by atomic mass is 9.72. The summed E-state index contributed by atoms with van der Waals surface area (Å²) >= 11 is 0. The second-order valence-electron chi connectivity index (χ2n) is 2.90. The normalized spacial score (nSPS) is 42.6. The van der Waals surface area contributed by atoms with Crippen LogP contribution >= 0.6 is 0 Å². The highest BCUT2D eigenvalue weighted by Crippen LogP contribution is 2.35. The van der Waals surface area contributed by atoms with Crippen molar-refractivity contribution >= 4 is 5.78 Å². The van der Waals surface area contributed by atoms with Crippen LogP contribution in [-0.4, -0.2) is 18.5 Å². The molecule has 0 amide bonds. The molecule has 0 unspecified atom stereocenters. The number of Topliss-reactive ketones (excluding diaryl/α,β-unsaturated/α-hetero) is 1. The Kier molecular flexibility index (Phi) is 1.35. The summed E-state index contributed by atoms with van der Waals surface area (Å²) < 4.78 is 5.01. The fourth-order valence-corrected chi connectivity index (χ4v) is 1.35. The van der Waals surface area contributed by atoms with Crippen LogP contribution in [0.15, 0.2) is 0 Å². The molecule has 0 aromatic carbocycles. The predicted octanol–water partition coefficient (Wildman–Crippen LogP) is 1.00. The number of hydrogen-bond acceptors (Lipinski definition) is 2. The van der Waals surface area contributed by atoms with Gasteiger partial charge in [-0.25, -0.2) is 0 Å². The molecule has 1 aliphatic rings. The van der Waals surface area contributed by atoms with E-state index in [1.807, 2.05) is 13.8 Å². The zero-order valence-corrected chi connectivity index (χ0v) is 6.10. The zero-order valence-electron chi connectivity index (χ0n) is 6.10. The SMILES string of the molecule is CO[C@@]1(C)C[C@@H](C)C1=O. The molecule has 0 heterocycles. The Bertz CT molecular complexity index is 142. The van der Waals surface area contributed by atoms with Crippen LogP contribution in [0.4, 0.5) is 0 Å². The van der Waals surface area contributed by atoms with Gasteiger partial charge in [-0.05, 0) is 13.3 Å². The summed E-state index contributed by atoms with van der Waals surface area (Å²) in [6, 6.07) is 0. The maximum atomic E-state index is 11.0. The first-order valence-corrected chi connectivity index (χ1v) is 3.19. The number of methoxy groups -OCH3 is 1. The van der Waals surface area contributed by atoms with Gasteiger partial charge in [0.1, 0.15) is 5.60 Å². The lowest BCUT2D eigenvalue weighted by Crippen LogP contribution is -2.52. The molecule has 1 saturated carbocycles. The van der Waals surface area contributed by atoms with Gasteiger partial charge in [-0.3, -0.25) is 4.79 Å². The Morgan fingerprint density at radius 2 is 2.33 bits per heavy atom. The molecule has 0 aliphatic heterocycles. The second-order valence-corrected chi connectivity index (χ2v) is 2.90. The first-order chi connectivity index (χ1) is 4.10. The molecule has 0 aromatic heterocycles. The quantitative estimate of drug-likeness (QED) is 0.526. The number of hydrogen-bond donors (Lipinski definition) is 0. The van der Waals surface area contributed by atoms with Gasteiger partial charge in [-0.1, -0.05) is 6.92 Å². The fourth-order valence-electron chi connectivity index (χ4n) is 1.35. The van der Waals surface area contributed by atoms with Crippen LogP contribution in [0.5, 0.6) is 0 Å². The van der Waals surface area contributed by atoms with Crippen LogP contribution in [0.3, 0.4) is 0 Å². The van der Waals surface area contributed by atoms with Gasteiger partial charge in [-0.15, -0.1) is 0 Å². The summed E-state index contributed by atoms with van der Waals surface area (Å²) in [4.78, 5) is 11.0. The summed E-state index contributed by atoms with van der Waals surface area (Å²) in [5.41, 5.74) is -0.445. The predicted molar refractivity (Wildman–Crippen MR) is 34.2 cm³/mol. The molecule has 1 fully saturated rings. The highest BCUT2D eigenvalue weighted by atomic mass is 16.5. The molecule has 0 N–H and O–H groups in total. The van der Waals surface area contributed by atoms with Crippen LogP contribution in [0.25, 0.3) is 0 Å². The molecule has 1 aliphatic carbocycles. The van der Waals surface area contributed by atoms with E-state index in [1.54, 1.807) is 7.11 Å².